The van der Waals surface area contributed by atoms with E-state index >= 15 is 0 Å². The van der Waals surface area contributed by atoms with Gasteiger partial charge in [-0.15, -0.1) is 0 Å². The summed E-state index contributed by atoms with van der Waals surface area (Å²) in [4.78, 5) is 9.27. The van der Waals surface area contributed by atoms with Gasteiger partial charge in [0.05, 0.1) is 55.0 Å². The van der Waals surface area contributed by atoms with E-state index in [9.17, 15) is 0 Å². The highest BCUT2D eigenvalue weighted by Crippen LogP contribution is 2.25. The monoisotopic (exact) mass is 372 g/mol. The van der Waals surface area contributed by atoms with Crippen molar-refractivity contribution < 1.29 is 9.47 Å². The van der Waals surface area contributed by atoms with Gasteiger partial charge in [0.1, 0.15) is 6.10 Å². The van der Waals surface area contributed by atoms with Crippen LogP contribution in [0.5, 0.6) is 0 Å². The molecule has 4 aromatic rings. The van der Waals surface area contributed by atoms with Crippen LogP contribution in [0.4, 0.5) is 0 Å². The maximum Gasteiger partial charge on any atom is 0.100 e. The Labute approximate surface area is 162 Å². The first-order chi connectivity index (χ1) is 13.8. The van der Waals surface area contributed by atoms with Gasteiger partial charge in [-0.2, -0.15) is 5.10 Å². The van der Waals surface area contributed by atoms with Crippen LogP contribution in [0, 0.1) is 0 Å². The van der Waals surface area contributed by atoms with E-state index in [1.807, 2.05) is 59.5 Å². The van der Waals surface area contributed by atoms with E-state index in [1.165, 1.54) is 0 Å². The van der Waals surface area contributed by atoms with E-state index in [2.05, 4.69) is 17.1 Å². The van der Waals surface area contributed by atoms with Gasteiger partial charge in [0.25, 0.3) is 0 Å². The summed E-state index contributed by atoms with van der Waals surface area (Å²) in [6.45, 7) is 2.63. The van der Waals surface area contributed by atoms with Gasteiger partial charge < -0.3 is 9.47 Å². The minimum Gasteiger partial charge on any atom is -0.376 e. The van der Waals surface area contributed by atoms with Crippen molar-refractivity contribution in [2.75, 3.05) is 19.8 Å². The standard InChI is InChI=1S/C22H20N4O2/c1-2-7-21-20(6-1)23-13-22(24-21)17-5-3-4-16(12-17)19-8-9-26(25-19)14-18-15-27-10-11-28-18/h1-9,12-13,18H,10-11,14-15H2/t18-/m0/s1. The quantitative estimate of drug-likeness (QED) is 0.548. The van der Waals surface area contributed by atoms with Crippen LogP contribution in [0.2, 0.25) is 0 Å². The molecule has 1 saturated heterocycles. The highest BCUT2D eigenvalue weighted by molar-refractivity contribution is 5.78. The smallest absolute Gasteiger partial charge is 0.100 e. The molecule has 0 spiro atoms. The summed E-state index contributed by atoms with van der Waals surface area (Å²) in [5, 5.41) is 4.70. The predicted octanol–water partition coefficient (Wildman–Crippen LogP) is 3.58. The lowest BCUT2D eigenvalue weighted by atomic mass is 10.1. The van der Waals surface area contributed by atoms with Crippen LogP contribution in [0.25, 0.3) is 33.5 Å². The van der Waals surface area contributed by atoms with Crippen LogP contribution in [0.3, 0.4) is 0 Å². The van der Waals surface area contributed by atoms with Crippen molar-refractivity contribution >= 4 is 11.0 Å². The third-order valence-corrected chi connectivity index (χ3v) is 4.82. The molecule has 1 aliphatic heterocycles. The van der Waals surface area contributed by atoms with Gasteiger partial charge in [-0.3, -0.25) is 9.67 Å². The van der Waals surface area contributed by atoms with Crippen molar-refractivity contribution in [2.24, 2.45) is 0 Å². The number of hydrogen-bond donors (Lipinski definition) is 0. The highest BCUT2D eigenvalue weighted by atomic mass is 16.6. The molecular weight excluding hydrogens is 352 g/mol. The summed E-state index contributed by atoms with van der Waals surface area (Å²) >= 11 is 0. The van der Waals surface area contributed by atoms with E-state index in [1.54, 1.807) is 0 Å². The Hall–Kier alpha value is -3.09. The fourth-order valence-corrected chi connectivity index (χ4v) is 3.40. The summed E-state index contributed by atoms with van der Waals surface area (Å²) in [5.41, 5.74) is 5.64. The van der Waals surface area contributed by atoms with Gasteiger partial charge in [0.15, 0.2) is 0 Å². The molecule has 0 unspecified atom stereocenters. The zero-order chi connectivity index (χ0) is 18.8. The number of aromatic nitrogens is 4. The molecule has 0 aliphatic carbocycles. The summed E-state index contributed by atoms with van der Waals surface area (Å²) in [6, 6.07) is 18.2. The number of para-hydroxylation sites is 2. The second-order valence-corrected chi connectivity index (χ2v) is 6.82. The maximum absolute atomic E-state index is 5.71. The second kappa shape index (κ2) is 7.50. The lowest BCUT2D eigenvalue weighted by Gasteiger charge is -2.22. The van der Waals surface area contributed by atoms with Crippen molar-refractivity contribution in [3.05, 3.63) is 67.0 Å². The SMILES string of the molecule is c1cc(-c2cnc3ccccc3n2)cc(-c2ccn(C[C@H]3COCCO3)n2)c1. The number of benzene rings is 2. The number of fused-ring (bicyclic) bond motifs is 1. The number of nitrogens with zero attached hydrogens (tertiary/aromatic N) is 4. The molecule has 28 heavy (non-hydrogen) atoms. The Morgan fingerprint density at radius 2 is 1.79 bits per heavy atom. The zero-order valence-corrected chi connectivity index (χ0v) is 15.4. The number of rotatable bonds is 4. The maximum atomic E-state index is 5.71. The van der Waals surface area contributed by atoms with Crippen LogP contribution in [0.15, 0.2) is 67.0 Å². The van der Waals surface area contributed by atoms with Gasteiger partial charge in [-0.1, -0.05) is 30.3 Å². The fraction of sp³-hybridized carbons (Fsp3) is 0.227. The summed E-state index contributed by atoms with van der Waals surface area (Å²) < 4.78 is 13.1. The van der Waals surface area contributed by atoms with E-state index in [0.29, 0.717) is 26.4 Å². The van der Waals surface area contributed by atoms with Crippen molar-refractivity contribution in [3.63, 3.8) is 0 Å². The molecule has 0 saturated carbocycles. The van der Waals surface area contributed by atoms with E-state index in [0.717, 1.165) is 33.5 Å². The lowest BCUT2D eigenvalue weighted by molar-refractivity contribution is -0.0946. The molecule has 1 atom stereocenters. The fourth-order valence-electron chi connectivity index (χ4n) is 3.40. The molecule has 1 fully saturated rings. The molecule has 2 aromatic heterocycles. The lowest BCUT2D eigenvalue weighted by Crippen LogP contribution is -2.32. The van der Waals surface area contributed by atoms with Crippen LogP contribution in [0.1, 0.15) is 0 Å². The van der Waals surface area contributed by atoms with Crippen LogP contribution in [-0.2, 0) is 16.0 Å². The molecule has 0 N–H and O–H groups in total. The number of ether oxygens (including phenoxy) is 2. The molecule has 6 nitrogen and oxygen atoms in total. The van der Waals surface area contributed by atoms with Gasteiger partial charge >= 0.3 is 0 Å². The minimum atomic E-state index is 0.0562. The molecule has 0 radical (unpaired) electrons. The first-order valence-corrected chi connectivity index (χ1v) is 9.40. The van der Waals surface area contributed by atoms with Gasteiger partial charge in [0.2, 0.25) is 0 Å². The molecule has 6 heteroatoms. The van der Waals surface area contributed by atoms with Crippen molar-refractivity contribution in [2.45, 2.75) is 12.6 Å². The van der Waals surface area contributed by atoms with E-state index < -0.39 is 0 Å². The third kappa shape index (κ3) is 3.52. The Bertz CT molecular complexity index is 1100. The Kier molecular flexibility index (Phi) is 4.56. The molecule has 2 aromatic carbocycles. The second-order valence-electron chi connectivity index (χ2n) is 6.82. The van der Waals surface area contributed by atoms with Crippen LogP contribution >= 0.6 is 0 Å². The average molecular weight is 372 g/mol. The normalized spacial score (nSPS) is 17.1. The zero-order valence-electron chi connectivity index (χ0n) is 15.4. The molecule has 0 bridgehead atoms. The number of hydrogen-bond acceptors (Lipinski definition) is 5. The summed E-state index contributed by atoms with van der Waals surface area (Å²) in [5.74, 6) is 0. The van der Waals surface area contributed by atoms with E-state index in [4.69, 9.17) is 19.6 Å². The van der Waals surface area contributed by atoms with Crippen molar-refractivity contribution in [1.82, 2.24) is 19.7 Å². The van der Waals surface area contributed by atoms with Crippen molar-refractivity contribution in [1.29, 1.82) is 0 Å². The summed E-state index contributed by atoms with van der Waals surface area (Å²) in [6.07, 6.45) is 3.86. The largest absolute Gasteiger partial charge is 0.376 e. The average Bonchev–Trinajstić information content (AvgIpc) is 3.23. The minimum absolute atomic E-state index is 0.0562. The first-order valence-electron chi connectivity index (χ1n) is 9.40. The molecule has 1 aliphatic rings. The highest BCUT2D eigenvalue weighted by Gasteiger charge is 2.15. The molecule has 5 rings (SSSR count). The molecule has 140 valence electrons. The topological polar surface area (TPSA) is 62.1 Å². The van der Waals surface area contributed by atoms with E-state index in [-0.39, 0.29) is 6.10 Å². The molecule has 0 amide bonds. The Balaban J connectivity index is 1.40. The van der Waals surface area contributed by atoms with Gasteiger partial charge in [0, 0.05) is 17.3 Å². The Morgan fingerprint density at radius 3 is 2.64 bits per heavy atom. The van der Waals surface area contributed by atoms with Gasteiger partial charge in [-0.05, 0) is 24.3 Å². The van der Waals surface area contributed by atoms with Crippen molar-refractivity contribution in [3.8, 4) is 22.5 Å². The predicted molar refractivity (Wildman–Crippen MR) is 107 cm³/mol. The summed E-state index contributed by atoms with van der Waals surface area (Å²) in [7, 11) is 0. The third-order valence-electron chi connectivity index (χ3n) is 4.82. The van der Waals surface area contributed by atoms with Crippen LogP contribution in [-0.4, -0.2) is 45.7 Å². The first kappa shape index (κ1) is 17.0. The Morgan fingerprint density at radius 1 is 0.929 bits per heavy atom. The molecular formula is C22H20N4O2. The van der Waals surface area contributed by atoms with Gasteiger partial charge in [-0.25, -0.2) is 4.98 Å². The molecule has 3 heterocycles. The van der Waals surface area contributed by atoms with Crippen LogP contribution < -0.4 is 0 Å².